The minimum atomic E-state index is -0.208. The first-order valence-electron chi connectivity index (χ1n) is 9.39. The maximum atomic E-state index is 12.8. The minimum Gasteiger partial charge on any atom is -0.460 e. The number of fused-ring (bicyclic) bond motifs is 1. The molecule has 2 aromatic heterocycles. The van der Waals surface area contributed by atoms with E-state index in [2.05, 4.69) is 15.3 Å². The van der Waals surface area contributed by atoms with Crippen molar-refractivity contribution in [1.29, 1.82) is 0 Å². The number of allylic oxidation sites excluding steroid dienone is 1. The zero-order valence-corrected chi connectivity index (χ0v) is 17.5. The van der Waals surface area contributed by atoms with E-state index in [0.717, 1.165) is 27.9 Å². The predicted octanol–water partition coefficient (Wildman–Crippen LogP) is 3.36. The molecule has 29 heavy (non-hydrogen) atoms. The molecule has 0 atom stereocenters. The van der Waals surface area contributed by atoms with Gasteiger partial charge in [-0.2, -0.15) is 0 Å². The van der Waals surface area contributed by atoms with Gasteiger partial charge >= 0.3 is 0 Å². The molecule has 0 fully saturated rings. The van der Waals surface area contributed by atoms with Crippen molar-refractivity contribution < 1.29 is 18.7 Å². The van der Waals surface area contributed by atoms with Crippen molar-refractivity contribution in [1.82, 2.24) is 14.9 Å². The van der Waals surface area contributed by atoms with Crippen molar-refractivity contribution in [3.63, 3.8) is 0 Å². The average molecular weight is 417 g/mol. The average Bonchev–Trinajstić information content (AvgIpc) is 3.20. The Kier molecular flexibility index (Phi) is 7.05. The fraction of sp³-hybridized carbons (Fsp3) is 0.400. The molecular weight excluding hydrogens is 392 g/mol. The third-order valence-corrected chi connectivity index (χ3v) is 5.58. The highest BCUT2D eigenvalue weighted by atomic mass is 32.2. The predicted molar refractivity (Wildman–Crippen MR) is 110 cm³/mol. The lowest BCUT2D eigenvalue weighted by Gasteiger charge is -2.24. The summed E-state index contributed by atoms with van der Waals surface area (Å²) >= 11 is 1.07. The first kappa shape index (κ1) is 21.1. The second-order valence-corrected chi connectivity index (χ2v) is 7.51. The molecule has 1 N–H and O–H groups in total. The van der Waals surface area contributed by atoms with Gasteiger partial charge in [0, 0.05) is 35.4 Å². The topological polar surface area (TPSA) is 97.6 Å². The molecule has 8 nitrogen and oxygen atoms in total. The lowest BCUT2D eigenvalue weighted by atomic mass is 10.2. The van der Waals surface area contributed by atoms with E-state index in [1.54, 1.807) is 30.2 Å². The van der Waals surface area contributed by atoms with Crippen LogP contribution in [-0.4, -0.2) is 45.6 Å². The largest absolute Gasteiger partial charge is 0.460 e. The van der Waals surface area contributed by atoms with Crippen molar-refractivity contribution in [2.75, 3.05) is 25.1 Å². The molecule has 0 aliphatic carbocycles. The standard InChI is InChI=1S/C20H24N4O4S/c1-4-27-9-7-17(29-20(26)16-6-5-8-28-16)13(2)24-12-15-10-21-14(3)23-19(15)22-11-18(24)25/h5-6,8,10H,4,7,9,11-12H2,1-3H3,(H,21,22,23)/b17-13-. The summed E-state index contributed by atoms with van der Waals surface area (Å²) < 4.78 is 10.7. The number of amides is 1. The summed E-state index contributed by atoms with van der Waals surface area (Å²) in [5.74, 6) is 1.48. The van der Waals surface area contributed by atoms with E-state index in [9.17, 15) is 9.59 Å². The van der Waals surface area contributed by atoms with Crippen molar-refractivity contribution in [3.8, 4) is 0 Å². The van der Waals surface area contributed by atoms with Gasteiger partial charge in [-0.3, -0.25) is 9.59 Å². The number of aryl methyl sites for hydroxylation is 1. The Morgan fingerprint density at radius 1 is 1.45 bits per heavy atom. The van der Waals surface area contributed by atoms with Crippen molar-refractivity contribution >= 4 is 28.6 Å². The molecule has 0 radical (unpaired) electrons. The Bertz CT molecular complexity index is 911. The van der Waals surface area contributed by atoms with E-state index < -0.39 is 0 Å². The van der Waals surface area contributed by atoms with Gasteiger partial charge in [0.1, 0.15) is 11.6 Å². The van der Waals surface area contributed by atoms with Gasteiger partial charge in [0.15, 0.2) is 5.76 Å². The van der Waals surface area contributed by atoms with Crippen LogP contribution in [0, 0.1) is 6.92 Å². The summed E-state index contributed by atoms with van der Waals surface area (Å²) in [5, 5.41) is 2.87. The zero-order valence-electron chi connectivity index (χ0n) is 16.7. The Morgan fingerprint density at radius 2 is 2.28 bits per heavy atom. The highest BCUT2D eigenvalue weighted by molar-refractivity contribution is 8.17. The Morgan fingerprint density at radius 3 is 3.00 bits per heavy atom. The van der Waals surface area contributed by atoms with Crippen LogP contribution in [0.2, 0.25) is 0 Å². The van der Waals surface area contributed by atoms with Gasteiger partial charge in [-0.1, -0.05) is 0 Å². The Balaban J connectivity index is 1.89. The lowest BCUT2D eigenvalue weighted by Crippen LogP contribution is -2.32. The number of furan rings is 1. The van der Waals surface area contributed by atoms with Crippen LogP contribution in [0.4, 0.5) is 5.82 Å². The highest BCUT2D eigenvalue weighted by Gasteiger charge is 2.25. The van der Waals surface area contributed by atoms with E-state index in [4.69, 9.17) is 9.15 Å². The number of anilines is 1. The summed E-state index contributed by atoms with van der Waals surface area (Å²) in [4.78, 5) is 36.4. The van der Waals surface area contributed by atoms with Crippen molar-refractivity contribution in [2.24, 2.45) is 0 Å². The fourth-order valence-corrected chi connectivity index (χ4v) is 3.79. The van der Waals surface area contributed by atoms with Crippen LogP contribution in [0.1, 0.15) is 42.2 Å². The van der Waals surface area contributed by atoms with Gasteiger partial charge in [-0.15, -0.1) is 0 Å². The van der Waals surface area contributed by atoms with Crippen LogP contribution in [0.15, 0.2) is 39.6 Å². The summed E-state index contributed by atoms with van der Waals surface area (Å²) in [6, 6.07) is 3.30. The number of ether oxygens (including phenoxy) is 1. The van der Waals surface area contributed by atoms with E-state index in [-0.39, 0.29) is 23.3 Å². The second-order valence-electron chi connectivity index (χ2n) is 6.45. The third kappa shape index (κ3) is 5.24. The number of nitrogens with one attached hydrogen (secondary N) is 1. The van der Waals surface area contributed by atoms with Crippen LogP contribution >= 0.6 is 11.8 Å². The van der Waals surface area contributed by atoms with E-state index >= 15 is 0 Å². The van der Waals surface area contributed by atoms with E-state index in [1.165, 1.54) is 6.26 Å². The first-order valence-corrected chi connectivity index (χ1v) is 10.2. The zero-order chi connectivity index (χ0) is 20.8. The molecule has 1 aliphatic heterocycles. The molecule has 0 saturated carbocycles. The molecule has 3 heterocycles. The van der Waals surface area contributed by atoms with Gasteiger partial charge in [-0.25, -0.2) is 9.97 Å². The SMILES string of the molecule is CCOCC/C(SC(=O)c1ccco1)=C(\C)N1Cc2cnc(C)nc2NCC1=O. The molecule has 154 valence electrons. The Labute approximate surface area is 173 Å². The number of carbonyl (C=O) groups excluding carboxylic acids is 2. The van der Waals surface area contributed by atoms with Crippen LogP contribution in [-0.2, 0) is 16.1 Å². The number of aromatic nitrogens is 2. The number of nitrogens with zero attached hydrogens (tertiary/aromatic N) is 3. The molecule has 1 amide bonds. The molecule has 0 spiro atoms. The number of rotatable bonds is 7. The smallest absolute Gasteiger partial charge is 0.259 e. The van der Waals surface area contributed by atoms with Gasteiger partial charge in [0.25, 0.3) is 5.12 Å². The minimum absolute atomic E-state index is 0.0990. The van der Waals surface area contributed by atoms with Crippen molar-refractivity contribution in [2.45, 2.75) is 33.7 Å². The van der Waals surface area contributed by atoms with Crippen LogP contribution in [0.25, 0.3) is 0 Å². The fourth-order valence-electron chi connectivity index (χ4n) is 2.91. The van der Waals surface area contributed by atoms with E-state index in [0.29, 0.717) is 37.8 Å². The van der Waals surface area contributed by atoms with Gasteiger partial charge in [0.2, 0.25) is 5.91 Å². The normalized spacial score (nSPS) is 14.7. The second kappa shape index (κ2) is 9.71. The van der Waals surface area contributed by atoms with Crippen LogP contribution < -0.4 is 5.32 Å². The Hall–Kier alpha value is -2.65. The quantitative estimate of drug-likeness (QED) is 0.686. The lowest BCUT2D eigenvalue weighted by molar-refractivity contribution is -0.127. The third-order valence-electron chi connectivity index (χ3n) is 4.45. The van der Waals surface area contributed by atoms with Gasteiger partial charge in [-0.05, 0) is 44.7 Å². The molecule has 9 heteroatoms. The van der Waals surface area contributed by atoms with E-state index in [1.807, 2.05) is 13.8 Å². The van der Waals surface area contributed by atoms with Gasteiger partial charge < -0.3 is 19.4 Å². The molecule has 1 aliphatic rings. The maximum Gasteiger partial charge on any atom is 0.259 e. The van der Waals surface area contributed by atoms with Crippen LogP contribution in [0.3, 0.4) is 0 Å². The molecular formula is C20H24N4O4S. The summed E-state index contributed by atoms with van der Waals surface area (Å²) in [5.41, 5.74) is 1.54. The molecule has 3 rings (SSSR count). The summed E-state index contributed by atoms with van der Waals surface area (Å²) in [7, 11) is 0. The summed E-state index contributed by atoms with van der Waals surface area (Å²) in [6.07, 6.45) is 3.71. The number of thioether (sulfide) groups is 1. The molecule has 0 bridgehead atoms. The monoisotopic (exact) mass is 416 g/mol. The summed E-state index contributed by atoms with van der Waals surface area (Å²) in [6.45, 7) is 7.07. The number of hydrogen-bond acceptors (Lipinski definition) is 8. The molecule has 0 unspecified atom stereocenters. The van der Waals surface area contributed by atoms with Gasteiger partial charge in [0.05, 0.1) is 26.0 Å². The molecule has 2 aromatic rings. The first-order chi connectivity index (χ1) is 14.0. The maximum absolute atomic E-state index is 12.8. The number of carbonyl (C=O) groups is 2. The highest BCUT2D eigenvalue weighted by Crippen LogP contribution is 2.31. The molecule has 0 aromatic carbocycles. The van der Waals surface area contributed by atoms with Crippen molar-refractivity contribution in [3.05, 3.63) is 52.3 Å². The van der Waals surface area contributed by atoms with Crippen LogP contribution in [0.5, 0.6) is 0 Å². The number of hydrogen-bond donors (Lipinski definition) is 1. The molecule has 0 saturated heterocycles.